The van der Waals surface area contributed by atoms with Gasteiger partial charge in [-0.2, -0.15) is 5.10 Å². The molecule has 134 valence electrons. The van der Waals surface area contributed by atoms with Crippen molar-refractivity contribution in [3.63, 3.8) is 0 Å². The van der Waals surface area contributed by atoms with Crippen molar-refractivity contribution in [2.45, 2.75) is 19.5 Å². The number of hydrogen-bond donors (Lipinski definition) is 1. The fourth-order valence-corrected chi connectivity index (χ4v) is 2.89. The first-order valence-electron chi connectivity index (χ1n) is 8.71. The highest BCUT2D eigenvalue weighted by Gasteiger charge is 2.20. The van der Waals surface area contributed by atoms with E-state index in [1.807, 2.05) is 78.3 Å². The van der Waals surface area contributed by atoms with Gasteiger partial charge in [-0.05, 0) is 26.1 Å². The summed E-state index contributed by atoms with van der Waals surface area (Å²) < 4.78 is 1.90. The molecule has 0 saturated carbocycles. The molecule has 1 aromatic heterocycles. The first kappa shape index (κ1) is 17.9. The smallest absolute Gasteiger partial charge is 0.236 e. The van der Waals surface area contributed by atoms with Gasteiger partial charge in [0.2, 0.25) is 5.91 Å². The molecule has 1 atom stereocenters. The number of amides is 1. The molecule has 26 heavy (non-hydrogen) atoms. The van der Waals surface area contributed by atoms with Crippen molar-refractivity contribution in [3.8, 4) is 16.9 Å². The zero-order valence-corrected chi connectivity index (χ0v) is 15.4. The molecule has 0 fully saturated rings. The van der Waals surface area contributed by atoms with E-state index < -0.39 is 0 Å². The third kappa shape index (κ3) is 3.83. The van der Waals surface area contributed by atoms with Crippen LogP contribution in [0.25, 0.3) is 16.9 Å². The molecule has 3 rings (SSSR count). The molecule has 0 aliphatic carbocycles. The maximum Gasteiger partial charge on any atom is 0.236 e. The van der Waals surface area contributed by atoms with Gasteiger partial charge < -0.3 is 5.32 Å². The van der Waals surface area contributed by atoms with Crippen LogP contribution in [0.1, 0.15) is 12.5 Å². The molecule has 0 spiro atoms. The van der Waals surface area contributed by atoms with E-state index in [0.29, 0.717) is 6.54 Å². The molecular weight excluding hydrogens is 324 g/mol. The minimum Gasteiger partial charge on any atom is -0.358 e. The Morgan fingerprint density at radius 1 is 1.12 bits per heavy atom. The molecule has 5 heteroatoms. The van der Waals surface area contributed by atoms with Crippen molar-refractivity contribution >= 4 is 5.91 Å². The van der Waals surface area contributed by atoms with Crippen LogP contribution in [-0.2, 0) is 11.3 Å². The van der Waals surface area contributed by atoms with E-state index >= 15 is 0 Å². The van der Waals surface area contributed by atoms with Gasteiger partial charge in [-0.1, -0.05) is 48.5 Å². The van der Waals surface area contributed by atoms with E-state index in [1.54, 1.807) is 7.05 Å². The van der Waals surface area contributed by atoms with Gasteiger partial charge in [-0.15, -0.1) is 0 Å². The first-order chi connectivity index (χ1) is 12.6. The highest BCUT2D eigenvalue weighted by molar-refractivity contribution is 5.81. The highest BCUT2D eigenvalue weighted by atomic mass is 16.2. The van der Waals surface area contributed by atoms with E-state index in [4.69, 9.17) is 5.10 Å². The lowest BCUT2D eigenvalue weighted by Crippen LogP contribution is -2.41. The summed E-state index contributed by atoms with van der Waals surface area (Å²) in [5, 5.41) is 7.52. The van der Waals surface area contributed by atoms with Crippen LogP contribution in [0.15, 0.2) is 66.9 Å². The molecule has 0 aliphatic heterocycles. The lowest BCUT2D eigenvalue weighted by molar-refractivity contribution is -0.125. The Labute approximate surface area is 154 Å². The summed E-state index contributed by atoms with van der Waals surface area (Å²) in [6, 6.07) is 20.0. The first-order valence-corrected chi connectivity index (χ1v) is 8.71. The number of carbonyl (C=O) groups excluding carboxylic acids is 1. The van der Waals surface area contributed by atoms with Crippen molar-refractivity contribution in [1.82, 2.24) is 20.0 Å². The predicted octanol–water partition coefficient (Wildman–Crippen LogP) is 3.11. The van der Waals surface area contributed by atoms with Gasteiger partial charge in [-0.25, -0.2) is 4.68 Å². The number of benzene rings is 2. The Balaban J connectivity index is 1.97. The van der Waals surface area contributed by atoms with E-state index in [9.17, 15) is 4.79 Å². The van der Waals surface area contributed by atoms with E-state index in [-0.39, 0.29) is 11.9 Å². The number of nitrogens with one attached hydrogen (secondary N) is 1. The number of aromatic nitrogens is 2. The molecule has 0 unspecified atom stereocenters. The van der Waals surface area contributed by atoms with Gasteiger partial charge in [0.25, 0.3) is 0 Å². The molecule has 3 aromatic rings. The number of likely N-dealkylation sites (N-methyl/N-ethyl adjacent to an activating group) is 2. The monoisotopic (exact) mass is 348 g/mol. The summed E-state index contributed by atoms with van der Waals surface area (Å²) in [5.41, 5.74) is 4.10. The van der Waals surface area contributed by atoms with E-state index in [1.165, 1.54) is 0 Å². The Kier molecular flexibility index (Phi) is 5.49. The summed E-state index contributed by atoms with van der Waals surface area (Å²) in [6.45, 7) is 2.54. The lowest BCUT2D eigenvalue weighted by Gasteiger charge is -2.23. The molecule has 0 bridgehead atoms. The third-order valence-corrected chi connectivity index (χ3v) is 4.56. The van der Waals surface area contributed by atoms with Gasteiger partial charge in [-0.3, -0.25) is 9.69 Å². The maximum atomic E-state index is 12.0. The molecule has 1 amide bonds. The summed E-state index contributed by atoms with van der Waals surface area (Å²) >= 11 is 0. The Morgan fingerprint density at radius 3 is 2.35 bits per heavy atom. The SMILES string of the molecule is CNC(=O)[C@H](C)N(C)Cc1cn(-c2ccccc2)nc1-c1ccccc1. The molecule has 1 heterocycles. The number of nitrogens with zero attached hydrogens (tertiary/aromatic N) is 3. The highest BCUT2D eigenvalue weighted by Crippen LogP contribution is 2.25. The fourth-order valence-electron chi connectivity index (χ4n) is 2.89. The minimum atomic E-state index is -0.219. The van der Waals surface area contributed by atoms with Crippen molar-refractivity contribution < 1.29 is 4.79 Å². The molecule has 5 nitrogen and oxygen atoms in total. The molecule has 2 aromatic carbocycles. The van der Waals surface area contributed by atoms with Crippen molar-refractivity contribution in [2.75, 3.05) is 14.1 Å². The largest absolute Gasteiger partial charge is 0.358 e. The van der Waals surface area contributed by atoms with Gasteiger partial charge >= 0.3 is 0 Å². The third-order valence-electron chi connectivity index (χ3n) is 4.56. The quantitative estimate of drug-likeness (QED) is 0.745. The van der Waals surface area contributed by atoms with Gasteiger partial charge in [0.1, 0.15) is 0 Å². The molecule has 0 radical (unpaired) electrons. The second-order valence-electron chi connectivity index (χ2n) is 6.35. The van der Waals surface area contributed by atoms with Gasteiger partial charge in [0, 0.05) is 30.9 Å². The number of hydrogen-bond acceptors (Lipinski definition) is 3. The summed E-state index contributed by atoms with van der Waals surface area (Å²) in [4.78, 5) is 14.0. The molecular formula is C21H24N4O. The Hall–Kier alpha value is -2.92. The Morgan fingerprint density at radius 2 is 1.73 bits per heavy atom. The van der Waals surface area contributed by atoms with Crippen LogP contribution in [0.5, 0.6) is 0 Å². The summed E-state index contributed by atoms with van der Waals surface area (Å²) in [7, 11) is 3.62. The average Bonchev–Trinajstić information content (AvgIpc) is 3.11. The maximum absolute atomic E-state index is 12.0. The summed E-state index contributed by atoms with van der Waals surface area (Å²) in [5.74, 6) is 0.00390. The number of rotatable bonds is 6. The second kappa shape index (κ2) is 7.97. The van der Waals surface area contributed by atoms with Crippen molar-refractivity contribution in [1.29, 1.82) is 0 Å². The average molecular weight is 348 g/mol. The minimum absolute atomic E-state index is 0.00390. The lowest BCUT2D eigenvalue weighted by atomic mass is 10.1. The van der Waals surface area contributed by atoms with Gasteiger partial charge in [0.05, 0.1) is 17.4 Å². The number of para-hydroxylation sites is 1. The fraction of sp³-hybridized carbons (Fsp3) is 0.238. The Bertz CT molecular complexity index is 858. The zero-order chi connectivity index (χ0) is 18.5. The van der Waals surface area contributed by atoms with Crippen LogP contribution in [0, 0.1) is 0 Å². The van der Waals surface area contributed by atoms with Crippen LogP contribution in [0.4, 0.5) is 0 Å². The molecule has 1 N–H and O–H groups in total. The normalized spacial score (nSPS) is 12.2. The van der Waals surface area contributed by atoms with Crippen LogP contribution >= 0.6 is 0 Å². The van der Waals surface area contributed by atoms with E-state index in [2.05, 4.69) is 17.4 Å². The zero-order valence-electron chi connectivity index (χ0n) is 15.4. The van der Waals surface area contributed by atoms with E-state index in [0.717, 1.165) is 22.5 Å². The summed E-state index contributed by atoms with van der Waals surface area (Å²) in [6.07, 6.45) is 2.05. The van der Waals surface area contributed by atoms with Gasteiger partial charge in [0.15, 0.2) is 0 Å². The standard InChI is InChI=1S/C21H24N4O/c1-16(21(26)22-2)24(3)14-18-15-25(19-12-8-5-9-13-19)23-20(18)17-10-6-4-7-11-17/h4-13,15-16H,14H2,1-3H3,(H,22,26)/t16-/m0/s1. The van der Waals surface area contributed by atoms with Crippen LogP contribution < -0.4 is 5.32 Å². The van der Waals surface area contributed by atoms with Crippen molar-refractivity contribution in [2.24, 2.45) is 0 Å². The molecule has 0 aliphatic rings. The van der Waals surface area contributed by atoms with Crippen LogP contribution in [0.3, 0.4) is 0 Å². The van der Waals surface area contributed by atoms with Crippen LogP contribution in [-0.4, -0.2) is 40.7 Å². The topological polar surface area (TPSA) is 50.2 Å². The van der Waals surface area contributed by atoms with Crippen molar-refractivity contribution in [3.05, 3.63) is 72.4 Å². The predicted molar refractivity (Wildman–Crippen MR) is 104 cm³/mol. The second-order valence-corrected chi connectivity index (χ2v) is 6.35. The number of carbonyl (C=O) groups is 1. The van der Waals surface area contributed by atoms with Crippen LogP contribution in [0.2, 0.25) is 0 Å². The molecule has 0 saturated heterocycles.